The smallest absolute Gasteiger partial charge is 0.131 e. The molecule has 0 amide bonds. The Hall–Kier alpha value is -2.74. The van der Waals surface area contributed by atoms with Crippen molar-refractivity contribution in [2.75, 3.05) is 18.0 Å². The van der Waals surface area contributed by atoms with E-state index in [1.807, 2.05) is 31.2 Å². The van der Waals surface area contributed by atoms with Crippen molar-refractivity contribution in [1.29, 1.82) is 5.26 Å². The lowest BCUT2D eigenvalue weighted by atomic mass is 10.1. The largest absolute Gasteiger partial charge is 0.490 e. The minimum absolute atomic E-state index is 0.0657. The van der Waals surface area contributed by atoms with E-state index in [0.29, 0.717) is 12.1 Å². The first-order valence-corrected chi connectivity index (χ1v) is 6.83. The van der Waals surface area contributed by atoms with Crippen molar-refractivity contribution < 1.29 is 4.74 Å². The topological polar surface area (TPSA) is 75.2 Å². The second-order valence-corrected chi connectivity index (χ2v) is 5.09. The molecule has 0 saturated carbocycles. The molecule has 2 heterocycles. The molecule has 0 radical (unpaired) electrons. The van der Waals surface area contributed by atoms with E-state index in [2.05, 4.69) is 16.0 Å². The molecule has 2 aromatic rings. The van der Waals surface area contributed by atoms with E-state index in [0.717, 1.165) is 28.9 Å². The van der Waals surface area contributed by atoms with Crippen molar-refractivity contribution >= 4 is 16.6 Å². The number of anilines is 1. The van der Waals surface area contributed by atoms with Gasteiger partial charge >= 0.3 is 0 Å². The van der Waals surface area contributed by atoms with Crippen molar-refractivity contribution in [3.8, 4) is 6.07 Å². The minimum atomic E-state index is 0.0657. The number of aromatic nitrogens is 1. The van der Waals surface area contributed by atoms with Crippen LogP contribution in [0.15, 0.2) is 42.4 Å². The van der Waals surface area contributed by atoms with E-state index in [-0.39, 0.29) is 6.10 Å². The molecule has 1 fully saturated rings. The number of fused-ring (bicyclic) bond motifs is 1. The summed E-state index contributed by atoms with van der Waals surface area (Å²) >= 11 is 0. The maximum atomic E-state index is 9.21. The van der Waals surface area contributed by atoms with E-state index in [9.17, 15) is 5.26 Å². The standard InChI is InChI=1S/C16H16N4O/c1-11-9-20(10-13(8-18)21-11)15-5-4-12(7-17)16-14(15)3-2-6-19-16/h2-6,8,11H,9-10,18H2,1H3/b13-8-. The maximum absolute atomic E-state index is 9.21. The number of nitriles is 1. The Labute approximate surface area is 123 Å². The summed E-state index contributed by atoms with van der Waals surface area (Å²) in [4.78, 5) is 6.55. The van der Waals surface area contributed by atoms with Gasteiger partial charge in [0.1, 0.15) is 17.9 Å². The Balaban J connectivity index is 2.11. The molecule has 5 nitrogen and oxygen atoms in total. The van der Waals surface area contributed by atoms with E-state index >= 15 is 0 Å². The summed E-state index contributed by atoms with van der Waals surface area (Å²) in [6.45, 7) is 3.41. The van der Waals surface area contributed by atoms with Gasteiger partial charge in [0.25, 0.3) is 0 Å². The predicted molar refractivity (Wildman–Crippen MR) is 81.5 cm³/mol. The van der Waals surface area contributed by atoms with Crippen LogP contribution in [0.25, 0.3) is 10.9 Å². The monoisotopic (exact) mass is 280 g/mol. The highest BCUT2D eigenvalue weighted by atomic mass is 16.5. The summed E-state index contributed by atoms with van der Waals surface area (Å²) in [6, 6.07) is 9.85. The molecule has 1 unspecified atom stereocenters. The molecule has 1 aromatic carbocycles. The minimum Gasteiger partial charge on any atom is -0.490 e. The van der Waals surface area contributed by atoms with E-state index in [1.54, 1.807) is 6.20 Å². The van der Waals surface area contributed by atoms with Crippen LogP contribution in [-0.4, -0.2) is 24.2 Å². The number of nitrogens with zero attached hydrogens (tertiary/aromatic N) is 3. The van der Waals surface area contributed by atoms with Gasteiger partial charge in [0.2, 0.25) is 0 Å². The Morgan fingerprint density at radius 1 is 1.48 bits per heavy atom. The molecule has 21 heavy (non-hydrogen) atoms. The van der Waals surface area contributed by atoms with Crippen molar-refractivity contribution in [3.05, 3.63) is 48.0 Å². The Morgan fingerprint density at radius 3 is 3.10 bits per heavy atom. The highest BCUT2D eigenvalue weighted by Gasteiger charge is 2.23. The van der Waals surface area contributed by atoms with Crippen LogP contribution >= 0.6 is 0 Å². The summed E-state index contributed by atoms with van der Waals surface area (Å²) in [6.07, 6.45) is 3.28. The van der Waals surface area contributed by atoms with Gasteiger partial charge < -0.3 is 15.4 Å². The van der Waals surface area contributed by atoms with E-state index < -0.39 is 0 Å². The number of pyridine rings is 1. The highest BCUT2D eigenvalue weighted by Crippen LogP contribution is 2.30. The molecule has 0 bridgehead atoms. The van der Waals surface area contributed by atoms with Crippen LogP contribution in [0.4, 0.5) is 5.69 Å². The van der Waals surface area contributed by atoms with Gasteiger partial charge in [0.05, 0.1) is 24.2 Å². The van der Waals surface area contributed by atoms with Crippen LogP contribution in [-0.2, 0) is 4.74 Å². The fraction of sp³-hybridized carbons (Fsp3) is 0.250. The lowest BCUT2D eigenvalue weighted by molar-refractivity contribution is 0.112. The van der Waals surface area contributed by atoms with E-state index in [4.69, 9.17) is 10.5 Å². The fourth-order valence-electron chi connectivity index (χ4n) is 2.70. The lowest BCUT2D eigenvalue weighted by Gasteiger charge is -2.35. The molecule has 1 saturated heterocycles. The zero-order valence-electron chi connectivity index (χ0n) is 11.8. The van der Waals surface area contributed by atoms with Gasteiger partial charge in [-0.2, -0.15) is 5.26 Å². The molecule has 106 valence electrons. The number of benzene rings is 1. The van der Waals surface area contributed by atoms with Gasteiger partial charge in [-0.3, -0.25) is 4.98 Å². The van der Waals surface area contributed by atoms with Crippen molar-refractivity contribution in [2.45, 2.75) is 13.0 Å². The Bertz CT molecular complexity index is 748. The van der Waals surface area contributed by atoms with Crippen LogP contribution in [0, 0.1) is 11.3 Å². The zero-order chi connectivity index (χ0) is 14.8. The molecular formula is C16H16N4O. The molecule has 2 N–H and O–H groups in total. The second kappa shape index (κ2) is 5.33. The van der Waals surface area contributed by atoms with Gasteiger partial charge in [-0.1, -0.05) is 0 Å². The number of hydrogen-bond acceptors (Lipinski definition) is 5. The lowest BCUT2D eigenvalue weighted by Crippen LogP contribution is -2.40. The average molecular weight is 280 g/mol. The highest BCUT2D eigenvalue weighted by molar-refractivity contribution is 5.95. The third kappa shape index (κ3) is 2.36. The second-order valence-electron chi connectivity index (χ2n) is 5.09. The summed E-state index contributed by atoms with van der Waals surface area (Å²) in [5.41, 5.74) is 7.96. The molecule has 1 aliphatic rings. The van der Waals surface area contributed by atoms with Crippen molar-refractivity contribution in [2.24, 2.45) is 5.73 Å². The third-order valence-corrected chi connectivity index (χ3v) is 3.57. The normalized spacial score (nSPS) is 20.3. The van der Waals surface area contributed by atoms with Crippen LogP contribution in [0.3, 0.4) is 0 Å². The number of hydrogen-bond donors (Lipinski definition) is 1. The average Bonchev–Trinajstić information content (AvgIpc) is 2.53. The van der Waals surface area contributed by atoms with Gasteiger partial charge in [0.15, 0.2) is 0 Å². The third-order valence-electron chi connectivity index (χ3n) is 3.57. The van der Waals surface area contributed by atoms with Gasteiger partial charge in [-0.15, -0.1) is 0 Å². The quantitative estimate of drug-likeness (QED) is 0.866. The Kier molecular flexibility index (Phi) is 3.36. The van der Waals surface area contributed by atoms with Crippen LogP contribution < -0.4 is 10.6 Å². The summed E-state index contributed by atoms with van der Waals surface area (Å²) in [7, 11) is 0. The Morgan fingerprint density at radius 2 is 2.33 bits per heavy atom. The number of rotatable bonds is 1. The first-order chi connectivity index (χ1) is 10.2. The molecule has 1 aromatic heterocycles. The SMILES string of the molecule is CC1CN(c2ccc(C#N)c3ncccc23)C/C(=C/N)O1. The molecule has 1 aliphatic heterocycles. The molecule has 1 atom stereocenters. The van der Waals surface area contributed by atoms with Gasteiger partial charge in [0, 0.05) is 23.5 Å². The van der Waals surface area contributed by atoms with Gasteiger partial charge in [-0.25, -0.2) is 0 Å². The number of nitrogens with two attached hydrogens (primary N) is 1. The summed E-state index contributed by atoms with van der Waals surface area (Å²) < 4.78 is 5.67. The summed E-state index contributed by atoms with van der Waals surface area (Å²) in [5.74, 6) is 0.759. The number of ether oxygens (including phenoxy) is 1. The first kappa shape index (κ1) is 13.3. The van der Waals surface area contributed by atoms with Crippen LogP contribution in [0.1, 0.15) is 12.5 Å². The van der Waals surface area contributed by atoms with Gasteiger partial charge in [-0.05, 0) is 31.2 Å². The van der Waals surface area contributed by atoms with Crippen LogP contribution in [0.2, 0.25) is 0 Å². The number of morpholine rings is 1. The molecule has 0 spiro atoms. The van der Waals surface area contributed by atoms with Crippen molar-refractivity contribution in [3.63, 3.8) is 0 Å². The van der Waals surface area contributed by atoms with Crippen LogP contribution in [0.5, 0.6) is 0 Å². The van der Waals surface area contributed by atoms with E-state index in [1.165, 1.54) is 6.20 Å². The predicted octanol–water partition coefficient (Wildman–Crippen LogP) is 2.13. The molecule has 5 heteroatoms. The van der Waals surface area contributed by atoms with Crippen molar-refractivity contribution in [1.82, 2.24) is 4.98 Å². The molecule has 0 aliphatic carbocycles. The zero-order valence-corrected chi connectivity index (χ0v) is 11.8. The maximum Gasteiger partial charge on any atom is 0.131 e. The molecule has 3 rings (SSSR count). The molecular weight excluding hydrogens is 264 g/mol. The summed E-state index contributed by atoms with van der Waals surface area (Å²) in [5, 5.41) is 10.2. The fourth-order valence-corrected chi connectivity index (χ4v) is 2.70. The first-order valence-electron chi connectivity index (χ1n) is 6.83.